The summed E-state index contributed by atoms with van der Waals surface area (Å²) in [5.74, 6) is -0.845. The zero-order valence-corrected chi connectivity index (χ0v) is 12.3. The van der Waals surface area contributed by atoms with Crippen LogP contribution in [0.5, 0.6) is 0 Å². The minimum Gasteiger partial charge on any atom is -0.481 e. The fourth-order valence-corrected chi connectivity index (χ4v) is 2.21. The van der Waals surface area contributed by atoms with Crippen LogP contribution in [0.2, 0.25) is 0 Å². The van der Waals surface area contributed by atoms with Gasteiger partial charge in [0.05, 0.1) is 6.04 Å². The largest absolute Gasteiger partial charge is 0.481 e. The Hall–Kier alpha value is -1.84. The van der Waals surface area contributed by atoms with Gasteiger partial charge in [-0.3, -0.25) is 9.59 Å². The highest BCUT2D eigenvalue weighted by molar-refractivity contribution is 5.77. The first-order valence-corrected chi connectivity index (χ1v) is 6.96. The summed E-state index contributed by atoms with van der Waals surface area (Å²) in [4.78, 5) is 22.6. The molecule has 0 aromatic heterocycles. The standard InChI is InChI=1S/C16H23NO3/c1-11(2)16(13-7-5-4-6-8-13)17-14(18)9-12(3)10-15(19)20/h4-8,11-12,16H,9-10H2,1-3H3,(H,17,18)(H,19,20). The third-order valence-corrected chi connectivity index (χ3v) is 3.20. The molecule has 20 heavy (non-hydrogen) atoms. The molecule has 110 valence electrons. The number of hydrogen-bond acceptors (Lipinski definition) is 2. The van der Waals surface area contributed by atoms with Gasteiger partial charge in [0.1, 0.15) is 0 Å². The van der Waals surface area contributed by atoms with Crippen LogP contribution in [-0.2, 0) is 9.59 Å². The smallest absolute Gasteiger partial charge is 0.303 e. The van der Waals surface area contributed by atoms with Gasteiger partial charge in [0, 0.05) is 12.8 Å². The zero-order valence-electron chi connectivity index (χ0n) is 12.3. The van der Waals surface area contributed by atoms with Crippen LogP contribution in [0.4, 0.5) is 0 Å². The van der Waals surface area contributed by atoms with E-state index >= 15 is 0 Å². The van der Waals surface area contributed by atoms with Crippen LogP contribution >= 0.6 is 0 Å². The number of aliphatic carboxylic acids is 1. The normalized spacial score (nSPS) is 13.8. The van der Waals surface area contributed by atoms with E-state index in [1.165, 1.54) is 0 Å². The van der Waals surface area contributed by atoms with Crippen LogP contribution in [-0.4, -0.2) is 17.0 Å². The number of amides is 1. The molecule has 1 rings (SSSR count). The highest BCUT2D eigenvalue weighted by Gasteiger charge is 2.20. The molecular weight excluding hydrogens is 254 g/mol. The highest BCUT2D eigenvalue weighted by Crippen LogP contribution is 2.22. The van der Waals surface area contributed by atoms with Gasteiger partial charge in [0.2, 0.25) is 5.91 Å². The van der Waals surface area contributed by atoms with Gasteiger partial charge in [-0.25, -0.2) is 0 Å². The molecule has 0 saturated heterocycles. The number of carbonyl (C=O) groups is 2. The van der Waals surface area contributed by atoms with Crippen LogP contribution in [0.3, 0.4) is 0 Å². The molecule has 2 unspecified atom stereocenters. The van der Waals surface area contributed by atoms with E-state index in [0.29, 0.717) is 0 Å². The average Bonchev–Trinajstić information content (AvgIpc) is 2.35. The molecule has 0 radical (unpaired) electrons. The van der Waals surface area contributed by atoms with Crippen molar-refractivity contribution in [1.29, 1.82) is 0 Å². The molecule has 4 nitrogen and oxygen atoms in total. The number of carboxylic acids is 1. The summed E-state index contributed by atoms with van der Waals surface area (Å²) in [6.07, 6.45) is 0.257. The Bertz CT molecular complexity index is 442. The predicted molar refractivity (Wildman–Crippen MR) is 78.2 cm³/mol. The fourth-order valence-electron chi connectivity index (χ4n) is 2.21. The van der Waals surface area contributed by atoms with E-state index in [9.17, 15) is 9.59 Å². The van der Waals surface area contributed by atoms with E-state index in [0.717, 1.165) is 5.56 Å². The Labute approximate surface area is 120 Å². The van der Waals surface area contributed by atoms with Crippen molar-refractivity contribution in [2.24, 2.45) is 11.8 Å². The first kappa shape index (κ1) is 16.2. The van der Waals surface area contributed by atoms with Crippen LogP contribution in [0.1, 0.15) is 45.2 Å². The van der Waals surface area contributed by atoms with Gasteiger partial charge in [0.15, 0.2) is 0 Å². The summed E-state index contributed by atoms with van der Waals surface area (Å²) in [5, 5.41) is 11.7. The molecule has 0 aliphatic carbocycles. The molecule has 0 fully saturated rings. The van der Waals surface area contributed by atoms with Gasteiger partial charge in [0.25, 0.3) is 0 Å². The maximum Gasteiger partial charge on any atom is 0.303 e. The van der Waals surface area contributed by atoms with Crippen molar-refractivity contribution in [3.63, 3.8) is 0 Å². The van der Waals surface area contributed by atoms with Crippen molar-refractivity contribution in [1.82, 2.24) is 5.32 Å². The Kier molecular flexibility index (Phi) is 6.22. The van der Waals surface area contributed by atoms with Gasteiger partial charge in [-0.1, -0.05) is 51.1 Å². The second-order valence-electron chi connectivity index (χ2n) is 5.61. The molecule has 2 atom stereocenters. The molecule has 0 heterocycles. The van der Waals surface area contributed by atoms with E-state index in [1.54, 1.807) is 6.92 Å². The third-order valence-electron chi connectivity index (χ3n) is 3.20. The first-order valence-electron chi connectivity index (χ1n) is 6.96. The van der Waals surface area contributed by atoms with Crippen molar-refractivity contribution in [2.45, 2.75) is 39.7 Å². The van der Waals surface area contributed by atoms with Crippen LogP contribution in [0.25, 0.3) is 0 Å². The summed E-state index contributed by atoms with van der Waals surface area (Å²) in [5.41, 5.74) is 1.07. The van der Waals surface area contributed by atoms with E-state index in [1.807, 2.05) is 30.3 Å². The van der Waals surface area contributed by atoms with Crippen molar-refractivity contribution >= 4 is 11.9 Å². The molecule has 1 aromatic carbocycles. The summed E-state index contributed by atoms with van der Waals surface area (Å²) in [6, 6.07) is 9.78. The van der Waals surface area contributed by atoms with Gasteiger partial charge in [-0.05, 0) is 17.4 Å². The van der Waals surface area contributed by atoms with Crippen LogP contribution in [0, 0.1) is 11.8 Å². The molecule has 0 aliphatic rings. The lowest BCUT2D eigenvalue weighted by atomic mass is 9.95. The number of carbonyl (C=O) groups excluding carboxylic acids is 1. The van der Waals surface area contributed by atoms with Gasteiger partial charge in [-0.2, -0.15) is 0 Å². The quantitative estimate of drug-likeness (QED) is 0.805. The van der Waals surface area contributed by atoms with Crippen molar-refractivity contribution in [3.8, 4) is 0 Å². The van der Waals surface area contributed by atoms with E-state index in [2.05, 4.69) is 19.2 Å². The maximum atomic E-state index is 12.0. The van der Waals surface area contributed by atoms with E-state index in [4.69, 9.17) is 5.11 Å². The van der Waals surface area contributed by atoms with Crippen molar-refractivity contribution in [2.75, 3.05) is 0 Å². The van der Waals surface area contributed by atoms with Gasteiger partial charge < -0.3 is 10.4 Å². The molecule has 1 amide bonds. The lowest BCUT2D eigenvalue weighted by Gasteiger charge is -2.23. The van der Waals surface area contributed by atoms with E-state index in [-0.39, 0.29) is 36.6 Å². The molecule has 0 bridgehead atoms. The number of hydrogen-bond donors (Lipinski definition) is 2. The topological polar surface area (TPSA) is 66.4 Å². The van der Waals surface area contributed by atoms with E-state index < -0.39 is 5.97 Å². The molecule has 0 saturated carbocycles. The minimum absolute atomic E-state index is 0.0190. The molecule has 2 N–H and O–H groups in total. The Morgan fingerprint density at radius 2 is 1.70 bits per heavy atom. The van der Waals surface area contributed by atoms with Gasteiger partial charge >= 0.3 is 5.97 Å². The van der Waals surface area contributed by atoms with Crippen LogP contribution in [0.15, 0.2) is 30.3 Å². The number of rotatable bonds is 7. The summed E-state index contributed by atoms with van der Waals surface area (Å²) >= 11 is 0. The number of nitrogens with one attached hydrogen (secondary N) is 1. The average molecular weight is 277 g/mol. The Morgan fingerprint density at radius 1 is 1.10 bits per heavy atom. The summed E-state index contributed by atoms with van der Waals surface area (Å²) in [7, 11) is 0. The Balaban J connectivity index is 2.63. The van der Waals surface area contributed by atoms with Crippen LogP contribution < -0.4 is 5.32 Å². The summed E-state index contributed by atoms with van der Waals surface area (Å²) < 4.78 is 0. The molecule has 1 aromatic rings. The second kappa shape index (κ2) is 7.68. The number of carboxylic acid groups (broad SMARTS) is 1. The minimum atomic E-state index is -0.867. The zero-order chi connectivity index (χ0) is 15.1. The second-order valence-corrected chi connectivity index (χ2v) is 5.61. The van der Waals surface area contributed by atoms with Crippen molar-refractivity contribution < 1.29 is 14.7 Å². The Morgan fingerprint density at radius 3 is 2.20 bits per heavy atom. The van der Waals surface area contributed by atoms with Gasteiger partial charge in [-0.15, -0.1) is 0 Å². The molecule has 0 spiro atoms. The SMILES string of the molecule is CC(CC(=O)O)CC(=O)NC(c1ccccc1)C(C)C. The maximum absolute atomic E-state index is 12.0. The monoisotopic (exact) mass is 277 g/mol. The lowest BCUT2D eigenvalue weighted by Crippen LogP contribution is -2.32. The summed E-state index contributed by atoms with van der Waals surface area (Å²) in [6.45, 7) is 5.89. The highest BCUT2D eigenvalue weighted by atomic mass is 16.4. The predicted octanol–water partition coefficient (Wildman–Crippen LogP) is 3.00. The molecule has 0 aliphatic heterocycles. The van der Waals surface area contributed by atoms with Crippen molar-refractivity contribution in [3.05, 3.63) is 35.9 Å². The molecular formula is C16H23NO3. The third kappa shape index (κ3) is 5.43. The first-order chi connectivity index (χ1) is 9.40. The molecule has 4 heteroatoms. The fraction of sp³-hybridized carbons (Fsp3) is 0.500. The lowest BCUT2D eigenvalue weighted by molar-refractivity contribution is -0.138. The number of benzene rings is 1.